The van der Waals surface area contributed by atoms with Gasteiger partial charge in [-0.05, 0) is 24.7 Å². The summed E-state index contributed by atoms with van der Waals surface area (Å²) in [6.07, 6.45) is 0.612. The molecule has 0 amide bonds. The van der Waals surface area contributed by atoms with Gasteiger partial charge in [-0.1, -0.05) is 12.1 Å². The fraction of sp³-hybridized carbons (Fsp3) is 0.417. The Morgan fingerprint density at radius 2 is 2.25 bits per heavy atom. The molecule has 0 aliphatic rings. The van der Waals surface area contributed by atoms with Crippen LogP contribution in [0.3, 0.4) is 0 Å². The van der Waals surface area contributed by atoms with E-state index >= 15 is 0 Å². The zero-order valence-corrected chi connectivity index (χ0v) is 9.86. The molecule has 0 aliphatic heterocycles. The van der Waals surface area contributed by atoms with Crippen molar-refractivity contribution in [3.8, 4) is 5.75 Å². The van der Waals surface area contributed by atoms with Gasteiger partial charge in [-0.2, -0.15) is 0 Å². The Bertz CT molecular complexity index is 352. The van der Waals surface area contributed by atoms with Crippen molar-refractivity contribution in [2.24, 2.45) is 5.73 Å². The quantitative estimate of drug-likeness (QED) is 0.564. The molecule has 0 heterocycles. The van der Waals surface area contributed by atoms with Crippen molar-refractivity contribution in [2.45, 2.75) is 13.0 Å². The van der Waals surface area contributed by atoms with Crippen molar-refractivity contribution in [3.63, 3.8) is 0 Å². The highest BCUT2D eigenvalue weighted by molar-refractivity contribution is 5.76. The predicted octanol–water partition coefficient (Wildman–Crippen LogP) is 1.45. The average Bonchev–Trinajstić information content (AvgIpc) is 2.26. The molecule has 0 aliphatic carbocycles. The first kappa shape index (κ1) is 12.5. The van der Waals surface area contributed by atoms with Gasteiger partial charge in [-0.25, -0.2) is 0 Å². The highest BCUT2D eigenvalue weighted by atomic mass is 16.5. The molecule has 1 aromatic carbocycles. The van der Waals surface area contributed by atoms with Crippen LogP contribution in [-0.4, -0.2) is 31.4 Å². The van der Waals surface area contributed by atoms with Crippen LogP contribution in [0.25, 0.3) is 0 Å². The van der Waals surface area contributed by atoms with Gasteiger partial charge in [0.2, 0.25) is 0 Å². The topological polar surface area (TPSA) is 62.3 Å². The Kier molecular flexibility index (Phi) is 4.79. The standard InChI is InChI=1S/C12H19N3O/c1-15(7-6-12(13)14)9-10-4-3-5-11(8-10)16-2/h3-5,8H,6-7,9H2,1-2H3,(H3,13,14). The normalized spacial score (nSPS) is 10.4. The van der Waals surface area contributed by atoms with Crippen LogP contribution >= 0.6 is 0 Å². The molecule has 0 atom stereocenters. The Labute approximate surface area is 96.5 Å². The van der Waals surface area contributed by atoms with Crippen LogP contribution in [0.2, 0.25) is 0 Å². The maximum absolute atomic E-state index is 7.16. The zero-order valence-electron chi connectivity index (χ0n) is 9.86. The number of hydrogen-bond donors (Lipinski definition) is 2. The van der Waals surface area contributed by atoms with Crippen LogP contribution in [-0.2, 0) is 6.54 Å². The van der Waals surface area contributed by atoms with Gasteiger partial charge in [-0.15, -0.1) is 0 Å². The second kappa shape index (κ2) is 6.12. The van der Waals surface area contributed by atoms with Crippen molar-refractivity contribution in [3.05, 3.63) is 29.8 Å². The minimum atomic E-state index is 0.234. The largest absolute Gasteiger partial charge is 0.497 e. The summed E-state index contributed by atoms with van der Waals surface area (Å²) in [5.74, 6) is 1.11. The van der Waals surface area contributed by atoms with E-state index in [1.165, 1.54) is 5.56 Å². The Morgan fingerprint density at radius 3 is 2.88 bits per heavy atom. The number of ether oxygens (including phenoxy) is 1. The second-order valence-corrected chi connectivity index (χ2v) is 3.86. The lowest BCUT2D eigenvalue weighted by Gasteiger charge is -2.16. The first-order valence-corrected chi connectivity index (χ1v) is 5.26. The number of nitrogens with two attached hydrogens (primary N) is 1. The molecule has 0 saturated heterocycles. The summed E-state index contributed by atoms with van der Waals surface area (Å²) in [5, 5.41) is 7.16. The molecule has 0 aromatic heterocycles. The Morgan fingerprint density at radius 1 is 1.50 bits per heavy atom. The van der Waals surface area contributed by atoms with Crippen molar-refractivity contribution in [1.82, 2.24) is 4.90 Å². The third-order valence-corrected chi connectivity index (χ3v) is 2.35. The molecule has 3 N–H and O–H groups in total. The van der Waals surface area contributed by atoms with E-state index in [0.717, 1.165) is 18.8 Å². The molecule has 1 aromatic rings. The number of hydrogen-bond acceptors (Lipinski definition) is 3. The minimum absolute atomic E-state index is 0.234. The molecule has 1 rings (SSSR count). The van der Waals surface area contributed by atoms with Crippen molar-refractivity contribution in [1.29, 1.82) is 5.41 Å². The lowest BCUT2D eigenvalue weighted by atomic mass is 10.2. The van der Waals surface area contributed by atoms with Crippen LogP contribution in [0.1, 0.15) is 12.0 Å². The first-order valence-electron chi connectivity index (χ1n) is 5.26. The summed E-state index contributed by atoms with van der Waals surface area (Å²) in [4.78, 5) is 2.14. The first-order chi connectivity index (χ1) is 7.61. The van der Waals surface area contributed by atoms with E-state index in [-0.39, 0.29) is 5.84 Å². The third kappa shape index (κ3) is 4.31. The predicted molar refractivity (Wildman–Crippen MR) is 65.9 cm³/mol. The van der Waals surface area contributed by atoms with E-state index in [1.54, 1.807) is 7.11 Å². The van der Waals surface area contributed by atoms with Gasteiger partial charge < -0.3 is 15.4 Å². The summed E-state index contributed by atoms with van der Waals surface area (Å²) < 4.78 is 5.16. The number of amidine groups is 1. The maximum atomic E-state index is 7.16. The van der Waals surface area contributed by atoms with Crippen LogP contribution < -0.4 is 10.5 Å². The Balaban J connectivity index is 2.48. The van der Waals surface area contributed by atoms with E-state index in [2.05, 4.69) is 11.0 Å². The molecule has 16 heavy (non-hydrogen) atoms. The molecule has 0 spiro atoms. The van der Waals surface area contributed by atoms with Gasteiger partial charge in [-0.3, -0.25) is 5.41 Å². The van der Waals surface area contributed by atoms with Gasteiger partial charge in [0.05, 0.1) is 12.9 Å². The lowest BCUT2D eigenvalue weighted by Crippen LogP contribution is -2.23. The number of nitrogens with zero attached hydrogens (tertiary/aromatic N) is 1. The summed E-state index contributed by atoms with van der Waals surface area (Å²) in [5.41, 5.74) is 6.52. The smallest absolute Gasteiger partial charge is 0.119 e. The van der Waals surface area contributed by atoms with E-state index < -0.39 is 0 Å². The maximum Gasteiger partial charge on any atom is 0.119 e. The fourth-order valence-electron chi connectivity index (χ4n) is 1.47. The van der Waals surface area contributed by atoms with Crippen molar-refractivity contribution in [2.75, 3.05) is 20.7 Å². The highest BCUT2D eigenvalue weighted by Crippen LogP contribution is 2.13. The van der Waals surface area contributed by atoms with E-state index in [0.29, 0.717) is 6.42 Å². The SMILES string of the molecule is COc1cccc(CN(C)CCC(=N)N)c1. The number of methoxy groups -OCH3 is 1. The van der Waals surface area contributed by atoms with Gasteiger partial charge in [0, 0.05) is 19.5 Å². The molecule has 0 fully saturated rings. The van der Waals surface area contributed by atoms with Gasteiger partial charge >= 0.3 is 0 Å². The number of rotatable bonds is 6. The van der Waals surface area contributed by atoms with Crippen molar-refractivity contribution >= 4 is 5.84 Å². The molecule has 0 unspecified atom stereocenters. The highest BCUT2D eigenvalue weighted by Gasteiger charge is 2.02. The average molecular weight is 221 g/mol. The zero-order chi connectivity index (χ0) is 12.0. The Hall–Kier alpha value is -1.55. The van der Waals surface area contributed by atoms with Gasteiger partial charge in [0.15, 0.2) is 0 Å². The fourth-order valence-corrected chi connectivity index (χ4v) is 1.47. The van der Waals surface area contributed by atoms with Crippen molar-refractivity contribution < 1.29 is 4.74 Å². The van der Waals surface area contributed by atoms with Crippen LogP contribution in [0.15, 0.2) is 24.3 Å². The second-order valence-electron chi connectivity index (χ2n) is 3.86. The van der Waals surface area contributed by atoms with E-state index in [1.807, 2.05) is 25.2 Å². The van der Waals surface area contributed by atoms with E-state index in [9.17, 15) is 0 Å². The molecule has 4 heteroatoms. The van der Waals surface area contributed by atoms with E-state index in [4.69, 9.17) is 15.9 Å². The molecular weight excluding hydrogens is 202 g/mol. The van der Waals surface area contributed by atoms with Crippen LogP contribution in [0, 0.1) is 5.41 Å². The van der Waals surface area contributed by atoms with Gasteiger partial charge in [0.1, 0.15) is 5.75 Å². The molecule has 88 valence electrons. The molecule has 0 saturated carbocycles. The molecule has 4 nitrogen and oxygen atoms in total. The van der Waals surface area contributed by atoms with Crippen LogP contribution in [0.4, 0.5) is 0 Å². The third-order valence-electron chi connectivity index (χ3n) is 2.35. The summed E-state index contributed by atoms with van der Waals surface area (Å²) >= 11 is 0. The summed E-state index contributed by atoms with van der Waals surface area (Å²) in [6.45, 7) is 1.64. The lowest BCUT2D eigenvalue weighted by molar-refractivity contribution is 0.335. The van der Waals surface area contributed by atoms with Gasteiger partial charge in [0.25, 0.3) is 0 Å². The molecule has 0 radical (unpaired) electrons. The molecule has 0 bridgehead atoms. The number of benzene rings is 1. The minimum Gasteiger partial charge on any atom is -0.497 e. The summed E-state index contributed by atoms with van der Waals surface area (Å²) in [7, 11) is 3.68. The van der Waals surface area contributed by atoms with Crippen LogP contribution in [0.5, 0.6) is 5.75 Å². The summed E-state index contributed by atoms with van der Waals surface area (Å²) in [6, 6.07) is 7.99. The number of nitrogens with one attached hydrogen (secondary N) is 1. The molecular formula is C12H19N3O. The monoisotopic (exact) mass is 221 g/mol.